The van der Waals surface area contributed by atoms with E-state index in [2.05, 4.69) is 10.1 Å². The lowest BCUT2D eigenvalue weighted by atomic mass is 10.1. The van der Waals surface area contributed by atoms with Crippen LogP contribution in [0.5, 0.6) is 0 Å². The van der Waals surface area contributed by atoms with Crippen molar-refractivity contribution in [1.29, 1.82) is 0 Å². The van der Waals surface area contributed by atoms with Crippen LogP contribution in [0, 0.1) is 0 Å². The molecule has 1 N–H and O–H groups in total. The van der Waals surface area contributed by atoms with Gasteiger partial charge in [0.2, 0.25) is 5.91 Å². The van der Waals surface area contributed by atoms with Crippen molar-refractivity contribution < 1.29 is 19.1 Å². The van der Waals surface area contributed by atoms with Crippen LogP contribution in [0.2, 0.25) is 0 Å². The van der Waals surface area contributed by atoms with Crippen molar-refractivity contribution in [1.82, 2.24) is 10.2 Å². The lowest BCUT2D eigenvalue weighted by molar-refractivity contribution is -0.142. The van der Waals surface area contributed by atoms with Gasteiger partial charge in [-0.3, -0.25) is 9.59 Å². The number of rotatable bonds is 8. The summed E-state index contributed by atoms with van der Waals surface area (Å²) in [6, 6.07) is 6.41. The zero-order chi connectivity index (χ0) is 18.8. The standard InChI is InChI=1S/C19H26N2O4/c1-14(19(24)25-4)20-18(23)16-11-8-10-15(13-16)9-6-5-7-12-17(22)21(2)3/h6,8-11,13-14H,5,7,12H2,1-4H3,(H,20,23)/b9-6-. The van der Waals surface area contributed by atoms with Crippen molar-refractivity contribution in [3.63, 3.8) is 0 Å². The summed E-state index contributed by atoms with van der Waals surface area (Å²) in [4.78, 5) is 36.6. The summed E-state index contributed by atoms with van der Waals surface area (Å²) in [7, 11) is 4.77. The third-order valence-electron chi connectivity index (χ3n) is 3.62. The minimum Gasteiger partial charge on any atom is -0.467 e. The van der Waals surface area contributed by atoms with E-state index in [4.69, 9.17) is 0 Å². The first-order valence-electron chi connectivity index (χ1n) is 8.20. The predicted octanol–water partition coefficient (Wildman–Crippen LogP) is 2.25. The highest BCUT2D eigenvalue weighted by atomic mass is 16.5. The summed E-state index contributed by atoms with van der Waals surface area (Å²) in [5, 5.41) is 2.59. The van der Waals surface area contributed by atoms with Crippen LogP contribution in [0.3, 0.4) is 0 Å². The van der Waals surface area contributed by atoms with E-state index in [1.54, 1.807) is 44.1 Å². The van der Waals surface area contributed by atoms with Crippen molar-refractivity contribution in [2.24, 2.45) is 0 Å². The number of methoxy groups -OCH3 is 1. The molecule has 0 aromatic heterocycles. The molecule has 0 saturated heterocycles. The number of unbranched alkanes of at least 4 members (excludes halogenated alkanes) is 1. The van der Waals surface area contributed by atoms with Gasteiger partial charge >= 0.3 is 5.97 Å². The lowest BCUT2D eigenvalue weighted by Gasteiger charge is -2.11. The number of benzene rings is 1. The van der Waals surface area contributed by atoms with Crippen molar-refractivity contribution >= 4 is 23.9 Å². The largest absolute Gasteiger partial charge is 0.467 e. The van der Waals surface area contributed by atoms with E-state index in [1.165, 1.54) is 7.11 Å². The fourth-order valence-corrected chi connectivity index (χ4v) is 2.11. The minimum atomic E-state index is -0.703. The molecule has 0 heterocycles. The van der Waals surface area contributed by atoms with E-state index in [9.17, 15) is 14.4 Å². The molecule has 1 rings (SSSR count). The van der Waals surface area contributed by atoms with E-state index >= 15 is 0 Å². The fraction of sp³-hybridized carbons (Fsp3) is 0.421. The van der Waals surface area contributed by atoms with Gasteiger partial charge in [0.25, 0.3) is 5.91 Å². The van der Waals surface area contributed by atoms with E-state index in [1.807, 2.05) is 18.2 Å². The first-order chi connectivity index (χ1) is 11.8. The smallest absolute Gasteiger partial charge is 0.328 e. The van der Waals surface area contributed by atoms with Crippen LogP contribution >= 0.6 is 0 Å². The van der Waals surface area contributed by atoms with Crippen molar-refractivity contribution in [3.8, 4) is 0 Å². The summed E-state index contributed by atoms with van der Waals surface area (Å²) in [6.07, 6.45) is 5.99. The number of ether oxygens (including phenoxy) is 1. The minimum absolute atomic E-state index is 0.117. The molecule has 0 saturated carbocycles. The molecule has 0 aliphatic rings. The highest BCUT2D eigenvalue weighted by Gasteiger charge is 2.16. The van der Waals surface area contributed by atoms with Crippen LogP contribution in [0.15, 0.2) is 30.3 Å². The molecule has 136 valence electrons. The number of nitrogens with zero attached hydrogens (tertiary/aromatic N) is 1. The molecule has 0 fully saturated rings. The zero-order valence-electron chi connectivity index (χ0n) is 15.2. The molecule has 0 aliphatic carbocycles. The molecule has 1 unspecified atom stereocenters. The maximum Gasteiger partial charge on any atom is 0.328 e. The molecule has 6 heteroatoms. The number of amides is 2. The highest BCUT2D eigenvalue weighted by molar-refractivity contribution is 5.97. The number of allylic oxidation sites excluding steroid dienone is 1. The number of esters is 1. The average molecular weight is 346 g/mol. The first-order valence-corrected chi connectivity index (χ1v) is 8.20. The third-order valence-corrected chi connectivity index (χ3v) is 3.62. The monoisotopic (exact) mass is 346 g/mol. The summed E-state index contributed by atoms with van der Waals surface area (Å²) in [6.45, 7) is 1.57. The van der Waals surface area contributed by atoms with Gasteiger partial charge in [-0.15, -0.1) is 0 Å². The molecule has 2 amide bonds. The molecule has 0 radical (unpaired) electrons. The van der Waals surface area contributed by atoms with Crippen LogP contribution in [0.4, 0.5) is 0 Å². The van der Waals surface area contributed by atoms with Crippen molar-refractivity contribution in [2.75, 3.05) is 21.2 Å². The summed E-state index contributed by atoms with van der Waals surface area (Å²) >= 11 is 0. The van der Waals surface area contributed by atoms with E-state index in [0.717, 1.165) is 18.4 Å². The van der Waals surface area contributed by atoms with Gasteiger partial charge in [-0.25, -0.2) is 4.79 Å². The topological polar surface area (TPSA) is 75.7 Å². The molecule has 1 atom stereocenters. The van der Waals surface area contributed by atoms with Gasteiger partial charge < -0.3 is 15.0 Å². The Bertz CT molecular complexity index is 638. The Kier molecular flexibility index (Phi) is 8.39. The number of nitrogens with one attached hydrogen (secondary N) is 1. The van der Waals surface area contributed by atoms with E-state index < -0.39 is 12.0 Å². The molecule has 25 heavy (non-hydrogen) atoms. The van der Waals surface area contributed by atoms with Crippen LogP contribution in [-0.2, 0) is 14.3 Å². The number of carbonyl (C=O) groups excluding carboxylic acids is 3. The Morgan fingerprint density at radius 1 is 1.28 bits per heavy atom. The number of carbonyl (C=O) groups is 3. The first kappa shape index (κ1) is 20.4. The summed E-state index contributed by atoms with van der Waals surface area (Å²) in [5.74, 6) is -0.701. The van der Waals surface area contributed by atoms with Gasteiger partial charge in [0.05, 0.1) is 7.11 Å². The van der Waals surface area contributed by atoms with E-state index in [-0.39, 0.29) is 11.8 Å². The molecule has 0 bridgehead atoms. The summed E-state index contributed by atoms with van der Waals surface area (Å²) < 4.78 is 4.59. The number of hydrogen-bond acceptors (Lipinski definition) is 4. The Hall–Kier alpha value is -2.63. The van der Waals surface area contributed by atoms with Gasteiger partial charge in [-0.2, -0.15) is 0 Å². The molecule has 0 spiro atoms. The molecular weight excluding hydrogens is 320 g/mol. The lowest BCUT2D eigenvalue weighted by Crippen LogP contribution is -2.39. The Labute approximate surface area is 148 Å². The van der Waals surface area contributed by atoms with Crippen LogP contribution < -0.4 is 5.32 Å². The van der Waals surface area contributed by atoms with Gasteiger partial charge in [0.15, 0.2) is 0 Å². The SMILES string of the molecule is COC(=O)C(C)NC(=O)c1cccc(/C=C\CCCC(=O)N(C)C)c1. The summed E-state index contributed by atoms with van der Waals surface area (Å²) in [5.41, 5.74) is 1.36. The quantitative estimate of drug-likeness (QED) is 0.579. The highest BCUT2D eigenvalue weighted by Crippen LogP contribution is 2.09. The maximum atomic E-state index is 12.2. The Morgan fingerprint density at radius 3 is 2.64 bits per heavy atom. The van der Waals surface area contributed by atoms with Gasteiger partial charge in [0, 0.05) is 26.1 Å². The molecule has 1 aromatic rings. The second-order valence-electron chi connectivity index (χ2n) is 5.93. The number of hydrogen-bond donors (Lipinski definition) is 1. The second kappa shape index (κ2) is 10.3. The fourth-order valence-electron chi connectivity index (χ4n) is 2.11. The van der Waals surface area contributed by atoms with Crippen molar-refractivity contribution in [3.05, 3.63) is 41.5 Å². The predicted molar refractivity (Wildman–Crippen MR) is 97.0 cm³/mol. The molecule has 1 aromatic carbocycles. The van der Waals surface area contributed by atoms with E-state index in [0.29, 0.717) is 12.0 Å². The Morgan fingerprint density at radius 2 is 2.00 bits per heavy atom. The molecule has 0 aliphatic heterocycles. The van der Waals surface area contributed by atoms with Crippen LogP contribution in [0.25, 0.3) is 6.08 Å². The van der Waals surface area contributed by atoms with Gasteiger partial charge in [-0.05, 0) is 37.5 Å². The van der Waals surface area contributed by atoms with Crippen LogP contribution in [-0.4, -0.2) is 49.9 Å². The second-order valence-corrected chi connectivity index (χ2v) is 5.93. The van der Waals surface area contributed by atoms with Gasteiger partial charge in [-0.1, -0.05) is 24.3 Å². The zero-order valence-corrected chi connectivity index (χ0v) is 15.2. The maximum absolute atomic E-state index is 12.2. The third kappa shape index (κ3) is 7.20. The van der Waals surface area contributed by atoms with Crippen LogP contribution in [0.1, 0.15) is 42.1 Å². The van der Waals surface area contributed by atoms with Crippen molar-refractivity contribution in [2.45, 2.75) is 32.2 Å². The molecular formula is C19H26N2O4. The molecule has 6 nitrogen and oxygen atoms in total. The van der Waals surface area contributed by atoms with Gasteiger partial charge in [0.1, 0.15) is 6.04 Å². The average Bonchev–Trinajstić information content (AvgIpc) is 2.60. The normalized spacial score (nSPS) is 11.8. The Balaban J connectivity index is 2.57.